The molecule has 0 bridgehead atoms. The predicted octanol–water partition coefficient (Wildman–Crippen LogP) is 1.06. The minimum absolute atomic E-state index is 0.0871. The molecule has 1 fully saturated rings. The van der Waals surface area contributed by atoms with E-state index in [2.05, 4.69) is 5.32 Å². The molecule has 0 radical (unpaired) electrons. The number of rotatable bonds is 7. The van der Waals surface area contributed by atoms with Crippen LogP contribution < -0.4 is 5.32 Å². The van der Waals surface area contributed by atoms with E-state index in [1.54, 1.807) is 13.8 Å². The van der Waals surface area contributed by atoms with E-state index in [0.29, 0.717) is 0 Å². The molecule has 23 heavy (non-hydrogen) atoms. The van der Waals surface area contributed by atoms with Crippen LogP contribution in [0.1, 0.15) is 37.0 Å². The van der Waals surface area contributed by atoms with Crippen molar-refractivity contribution in [2.45, 2.75) is 43.7 Å². The Bertz CT molecular complexity index is 710. The first-order valence-corrected chi connectivity index (χ1v) is 8.80. The molecular formula is C15H20N2O5S. The molecule has 1 aliphatic rings. The fourth-order valence-electron chi connectivity index (χ4n) is 2.11. The van der Waals surface area contributed by atoms with Gasteiger partial charge in [-0.1, -0.05) is 6.07 Å². The van der Waals surface area contributed by atoms with Crippen LogP contribution in [0.2, 0.25) is 0 Å². The molecule has 1 aromatic rings. The van der Waals surface area contributed by atoms with Crippen LogP contribution in [0.5, 0.6) is 0 Å². The van der Waals surface area contributed by atoms with Gasteiger partial charge in [0.05, 0.1) is 4.90 Å². The number of amides is 1. The second kappa shape index (κ2) is 6.67. The predicted molar refractivity (Wildman–Crippen MR) is 83.6 cm³/mol. The van der Waals surface area contributed by atoms with Crippen molar-refractivity contribution >= 4 is 21.9 Å². The molecule has 126 valence electrons. The molecule has 8 heteroatoms. The van der Waals surface area contributed by atoms with Gasteiger partial charge in [-0.15, -0.1) is 0 Å². The van der Waals surface area contributed by atoms with Crippen LogP contribution in [0, 0.1) is 0 Å². The summed E-state index contributed by atoms with van der Waals surface area (Å²) in [6.45, 7) is 2.58. The number of nitrogens with one attached hydrogen (secondary N) is 1. The fraction of sp³-hybridized carbons (Fsp3) is 0.467. The van der Waals surface area contributed by atoms with Crippen LogP contribution >= 0.6 is 0 Å². The third kappa shape index (κ3) is 4.29. The highest BCUT2D eigenvalue weighted by atomic mass is 32.2. The summed E-state index contributed by atoms with van der Waals surface area (Å²) < 4.78 is 26.2. The monoisotopic (exact) mass is 340 g/mol. The first kappa shape index (κ1) is 17.4. The van der Waals surface area contributed by atoms with Crippen molar-refractivity contribution in [1.29, 1.82) is 0 Å². The number of hydrogen-bond acceptors (Lipinski definition) is 4. The average molecular weight is 340 g/mol. The van der Waals surface area contributed by atoms with E-state index in [-0.39, 0.29) is 22.4 Å². The van der Waals surface area contributed by atoms with E-state index in [0.717, 1.165) is 17.1 Å². The maximum atomic E-state index is 12.6. The SMILES string of the molecule is CC(C)N(CC(=O)O)S(=O)(=O)c1cccc(C(=O)NC2CC2)c1. The lowest BCUT2D eigenvalue weighted by Gasteiger charge is -2.24. The zero-order valence-electron chi connectivity index (χ0n) is 13.0. The van der Waals surface area contributed by atoms with Crippen molar-refractivity contribution in [1.82, 2.24) is 9.62 Å². The normalized spacial score (nSPS) is 15.0. The maximum absolute atomic E-state index is 12.6. The Labute approximate surface area is 135 Å². The van der Waals surface area contributed by atoms with Crippen LogP contribution in [-0.2, 0) is 14.8 Å². The molecule has 0 heterocycles. The molecule has 1 amide bonds. The summed E-state index contributed by atoms with van der Waals surface area (Å²) in [5, 5.41) is 11.7. The molecule has 2 N–H and O–H groups in total. The number of hydrogen-bond donors (Lipinski definition) is 2. The van der Waals surface area contributed by atoms with Crippen molar-refractivity contribution in [2.75, 3.05) is 6.54 Å². The Kier molecular flexibility index (Phi) is 5.06. The van der Waals surface area contributed by atoms with Gasteiger partial charge in [-0.05, 0) is 44.9 Å². The molecule has 1 saturated carbocycles. The highest BCUT2D eigenvalue weighted by Gasteiger charge is 2.30. The largest absolute Gasteiger partial charge is 0.480 e. The van der Waals surface area contributed by atoms with Crippen molar-refractivity contribution in [2.24, 2.45) is 0 Å². The Balaban J connectivity index is 2.30. The van der Waals surface area contributed by atoms with Crippen molar-refractivity contribution in [3.05, 3.63) is 29.8 Å². The molecule has 0 saturated heterocycles. The fourth-order valence-corrected chi connectivity index (χ4v) is 3.74. The maximum Gasteiger partial charge on any atom is 0.318 e. The Morgan fingerprint density at radius 1 is 1.35 bits per heavy atom. The van der Waals surface area contributed by atoms with Gasteiger partial charge in [-0.3, -0.25) is 9.59 Å². The van der Waals surface area contributed by atoms with Crippen LogP contribution in [0.4, 0.5) is 0 Å². The van der Waals surface area contributed by atoms with Crippen LogP contribution in [0.15, 0.2) is 29.2 Å². The summed E-state index contributed by atoms with van der Waals surface area (Å²) in [5.41, 5.74) is 0.247. The molecular weight excluding hydrogens is 320 g/mol. The molecule has 2 rings (SSSR count). The number of carbonyl (C=O) groups is 2. The first-order valence-electron chi connectivity index (χ1n) is 7.36. The summed E-state index contributed by atoms with van der Waals surface area (Å²) in [6, 6.07) is 5.31. The van der Waals surface area contributed by atoms with E-state index < -0.39 is 28.6 Å². The topological polar surface area (TPSA) is 104 Å². The summed E-state index contributed by atoms with van der Waals surface area (Å²) in [4.78, 5) is 22.9. The third-order valence-corrected chi connectivity index (χ3v) is 5.50. The summed E-state index contributed by atoms with van der Waals surface area (Å²) >= 11 is 0. The van der Waals surface area contributed by atoms with Crippen molar-refractivity contribution in [3.63, 3.8) is 0 Å². The highest BCUT2D eigenvalue weighted by Crippen LogP contribution is 2.22. The lowest BCUT2D eigenvalue weighted by molar-refractivity contribution is -0.137. The lowest BCUT2D eigenvalue weighted by atomic mass is 10.2. The number of sulfonamides is 1. The Hall–Kier alpha value is -1.93. The molecule has 0 unspecified atom stereocenters. The third-order valence-electron chi connectivity index (χ3n) is 3.48. The number of aliphatic carboxylic acids is 1. The number of benzene rings is 1. The van der Waals surface area contributed by atoms with Gasteiger partial charge in [0.15, 0.2) is 0 Å². The minimum atomic E-state index is -3.99. The number of carbonyl (C=O) groups excluding carboxylic acids is 1. The number of nitrogens with zero attached hydrogens (tertiary/aromatic N) is 1. The van der Waals surface area contributed by atoms with Gasteiger partial charge in [-0.2, -0.15) is 4.31 Å². The molecule has 0 spiro atoms. The van der Waals surface area contributed by atoms with Gasteiger partial charge in [0, 0.05) is 17.6 Å². The van der Waals surface area contributed by atoms with E-state index in [1.165, 1.54) is 24.3 Å². The van der Waals surface area contributed by atoms with Gasteiger partial charge in [0.2, 0.25) is 10.0 Å². The average Bonchev–Trinajstić information content (AvgIpc) is 3.28. The molecule has 1 aliphatic carbocycles. The first-order chi connectivity index (χ1) is 10.7. The smallest absolute Gasteiger partial charge is 0.318 e. The van der Waals surface area contributed by atoms with E-state index in [9.17, 15) is 18.0 Å². The zero-order valence-corrected chi connectivity index (χ0v) is 13.8. The van der Waals surface area contributed by atoms with E-state index in [1.807, 2.05) is 0 Å². The van der Waals surface area contributed by atoms with Crippen LogP contribution in [0.25, 0.3) is 0 Å². The molecule has 0 aliphatic heterocycles. The zero-order chi connectivity index (χ0) is 17.2. The van der Waals surface area contributed by atoms with Gasteiger partial charge in [-0.25, -0.2) is 8.42 Å². The quantitative estimate of drug-likeness (QED) is 0.772. The second-order valence-electron chi connectivity index (χ2n) is 5.81. The standard InChI is InChI=1S/C15H20N2O5S/c1-10(2)17(9-14(18)19)23(21,22)13-5-3-4-11(8-13)15(20)16-12-6-7-12/h3-5,8,10,12H,6-7,9H2,1-2H3,(H,16,20)(H,18,19). The summed E-state index contributed by atoms with van der Waals surface area (Å²) in [7, 11) is -3.99. The summed E-state index contributed by atoms with van der Waals surface area (Å²) in [6.07, 6.45) is 1.87. The van der Waals surface area contributed by atoms with E-state index >= 15 is 0 Å². The molecule has 0 aromatic heterocycles. The van der Waals surface area contributed by atoms with Gasteiger partial charge < -0.3 is 10.4 Å². The molecule has 0 atom stereocenters. The molecule has 1 aromatic carbocycles. The minimum Gasteiger partial charge on any atom is -0.480 e. The Morgan fingerprint density at radius 2 is 2.00 bits per heavy atom. The van der Waals surface area contributed by atoms with Crippen molar-refractivity contribution < 1.29 is 23.1 Å². The van der Waals surface area contributed by atoms with E-state index in [4.69, 9.17) is 5.11 Å². The van der Waals surface area contributed by atoms with Crippen LogP contribution in [-0.4, -0.2) is 48.3 Å². The van der Waals surface area contributed by atoms with Gasteiger partial charge in [0.1, 0.15) is 6.54 Å². The molecule has 7 nitrogen and oxygen atoms in total. The second-order valence-corrected chi connectivity index (χ2v) is 7.70. The Morgan fingerprint density at radius 3 is 2.52 bits per heavy atom. The summed E-state index contributed by atoms with van der Waals surface area (Å²) in [5.74, 6) is -1.55. The highest BCUT2D eigenvalue weighted by molar-refractivity contribution is 7.89. The van der Waals surface area contributed by atoms with Gasteiger partial charge >= 0.3 is 5.97 Å². The van der Waals surface area contributed by atoms with Crippen LogP contribution in [0.3, 0.4) is 0 Å². The number of carboxylic acid groups (broad SMARTS) is 1. The number of carboxylic acids is 1. The lowest BCUT2D eigenvalue weighted by Crippen LogP contribution is -2.40. The van der Waals surface area contributed by atoms with Crippen molar-refractivity contribution in [3.8, 4) is 0 Å². The van der Waals surface area contributed by atoms with Gasteiger partial charge in [0.25, 0.3) is 5.91 Å².